The van der Waals surface area contributed by atoms with Crippen LogP contribution in [0.15, 0.2) is 41.5 Å². The quantitative estimate of drug-likeness (QED) is 0.438. The van der Waals surface area contributed by atoms with Crippen molar-refractivity contribution in [1.82, 2.24) is 10.7 Å². The predicted octanol–water partition coefficient (Wildman–Crippen LogP) is 4.01. The summed E-state index contributed by atoms with van der Waals surface area (Å²) in [5.41, 5.74) is 4.23. The van der Waals surface area contributed by atoms with Gasteiger partial charge in [-0.2, -0.15) is 5.10 Å². The number of benzene rings is 2. The van der Waals surface area contributed by atoms with E-state index in [-0.39, 0.29) is 6.61 Å². The van der Waals surface area contributed by atoms with E-state index in [4.69, 9.17) is 44.9 Å². The van der Waals surface area contributed by atoms with Crippen LogP contribution in [-0.2, 0) is 6.61 Å². The summed E-state index contributed by atoms with van der Waals surface area (Å²) in [4.78, 5) is 0. The monoisotopic (exact) mass is 397 g/mol. The van der Waals surface area contributed by atoms with Gasteiger partial charge in [0, 0.05) is 22.7 Å². The number of hydrazone groups is 1. The minimum Gasteiger partial charge on any atom is -0.493 e. The second-order valence-corrected chi connectivity index (χ2v) is 6.07. The molecule has 5 nitrogen and oxygen atoms in total. The zero-order valence-electron chi connectivity index (χ0n) is 13.7. The maximum absolute atomic E-state index is 6.15. The van der Waals surface area contributed by atoms with Crippen molar-refractivity contribution < 1.29 is 9.47 Å². The highest BCUT2D eigenvalue weighted by Crippen LogP contribution is 2.31. The number of hydrogen-bond donors (Lipinski definition) is 2. The van der Waals surface area contributed by atoms with Crippen molar-refractivity contribution in [2.75, 3.05) is 14.2 Å². The molecule has 0 aliphatic carbocycles. The molecule has 0 bridgehead atoms. The van der Waals surface area contributed by atoms with Gasteiger partial charge in [0.2, 0.25) is 0 Å². The van der Waals surface area contributed by atoms with Gasteiger partial charge in [0.25, 0.3) is 0 Å². The third kappa shape index (κ3) is 5.49. The van der Waals surface area contributed by atoms with E-state index in [0.29, 0.717) is 26.7 Å². The predicted molar refractivity (Wildman–Crippen MR) is 106 cm³/mol. The van der Waals surface area contributed by atoms with Crippen LogP contribution in [0.25, 0.3) is 0 Å². The van der Waals surface area contributed by atoms with Gasteiger partial charge in [0.15, 0.2) is 16.6 Å². The number of nitrogens with one attached hydrogen (secondary N) is 2. The fourth-order valence-corrected chi connectivity index (χ4v) is 2.48. The summed E-state index contributed by atoms with van der Waals surface area (Å²) in [5, 5.41) is 8.33. The molecule has 0 heterocycles. The van der Waals surface area contributed by atoms with E-state index in [1.165, 1.54) is 0 Å². The molecule has 0 atom stereocenters. The van der Waals surface area contributed by atoms with E-state index in [0.717, 1.165) is 11.1 Å². The first-order valence-corrected chi connectivity index (χ1v) is 8.46. The maximum Gasteiger partial charge on any atom is 0.186 e. The van der Waals surface area contributed by atoms with Gasteiger partial charge in [0.1, 0.15) is 6.61 Å². The first-order valence-electron chi connectivity index (χ1n) is 7.29. The molecule has 0 radical (unpaired) electrons. The normalized spacial score (nSPS) is 10.6. The zero-order valence-corrected chi connectivity index (χ0v) is 16.0. The molecule has 0 aromatic heterocycles. The highest BCUT2D eigenvalue weighted by atomic mass is 35.5. The molecular weight excluding hydrogens is 381 g/mol. The minimum absolute atomic E-state index is 0.236. The number of rotatable bonds is 6. The lowest BCUT2D eigenvalue weighted by Gasteiger charge is -2.13. The molecule has 0 spiro atoms. The van der Waals surface area contributed by atoms with Gasteiger partial charge in [-0.1, -0.05) is 29.3 Å². The van der Waals surface area contributed by atoms with Crippen LogP contribution in [0.3, 0.4) is 0 Å². The molecule has 2 aromatic rings. The molecule has 0 amide bonds. The molecule has 0 saturated carbocycles. The summed E-state index contributed by atoms with van der Waals surface area (Å²) >= 11 is 17.2. The second kappa shape index (κ2) is 9.46. The molecule has 132 valence electrons. The van der Waals surface area contributed by atoms with E-state index in [1.54, 1.807) is 50.7 Å². The summed E-state index contributed by atoms with van der Waals surface area (Å²) in [6, 6.07) is 10.8. The molecule has 25 heavy (non-hydrogen) atoms. The third-order valence-corrected chi connectivity index (χ3v) is 4.23. The molecule has 2 rings (SSSR count). The van der Waals surface area contributed by atoms with Crippen LogP contribution in [0.2, 0.25) is 10.0 Å². The zero-order chi connectivity index (χ0) is 18.2. The highest BCUT2D eigenvalue weighted by molar-refractivity contribution is 7.80. The maximum atomic E-state index is 6.15. The Kier molecular flexibility index (Phi) is 7.31. The Balaban J connectivity index is 2.10. The second-order valence-electron chi connectivity index (χ2n) is 4.85. The lowest BCUT2D eigenvalue weighted by Crippen LogP contribution is -2.28. The SMILES string of the molecule is CNC(=S)N/N=C\c1ccc(OCc2c(Cl)cccc2Cl)c(OC)c1. The molecule has 0 saturated heterocycles. The van der Waals surface area contributed by atoms with E-state index in [2.05, 4.69) is 15.8 Å². The summed E-state index contributed by atoms with van der Waals surface area (Å²) < 4.78 is 11.2. The molecule has 2 aromatic carbocycles. The fourth-order valence-electron chi connectivity index (χ4n) is 1.93. The molecule has 2 N–H and O–H groups in total. The van der Waals surface area contributed by atoms with Crippen molar-refractivity contribution >= 4 is 46.7 Å². The average Bonchev–Trinajstić information content (AvgIpc) is 2.61. The average molecular weight is 398 g/mol. The summed E-state index contributed by atoms with van der Waals surface area (Å²) in [6.45, 7) is 0.236. The largest absolute Gasteiger partial charge is 0.493 e. The van der Waals surface area contributed by atoms with Crippen molar-refractivity contribution in [3.05, 3.63) is 57.6 Å². The van der Waals surface area contributed by atoms with Gasteiger partial charge >= 0.3 is 0 Å². The highest BCUT2D eigenvalue weighted by Gasteiger charge is 2.09. The summed E-state index contributed by atoms with van der Waals surface area (Å²) in [6.07, 6.45) is 1.63. The fraction of sp³-hybridized carbons (Fsp3) is 0.176. The van der Waals surface area contributed by atoms with Crippen LogP contribution < -0.4 is 20.2 Å². The van der Waals surface area contributed by atoms with Crippen molar-refractivity contribution in [3.63, 3.8) is 0 Å². The lowest BCUT2D eigenvalue weighted by atomic mass is 10.2. The number of nitrogens with zero attached hydrogens (tertiary/aromatic N) is 1. The number of halogens is 2. The third-order valence-electron chi connectivity index (χ3n) is 3.23. The van der Waals surface area contributed by atoms with E-state index >= 15 is 0 Å². The van der Waals surface area contributed by atoms with Crippen LogP contribution in [0.4, 0.5) is 0 Å². The molecule has 0 aliphatic rings. The Morgan fingerprint density at radius 1 is 1.20 bits per heavy atom. The van der Waals surface area contributed by atoms with Crippen molar-refractivity contribution in [1.29, 1.82) is 0 Å². The standard InChI is InChI=1S/C17H17Cl2N3O2S/c1-20-17(25)22-21-9-11-6-7-15(16(8-11)23-2)24-10-12-13(18)4-3-5-14(12)19/h3-9H,10H2,1-2H3,(H2,20,22,25)/b21-9-. The van der Waals surface area contributed by atoms with Gasteiger partial charge in [0.05, 0.1) is 13.3 Å². The Hall–Kier alpha value is -2.02. The Morgan fingerprint density at radius 3 is 2.56 bits per heavy atom. The Bertz CT molecular complexity index is 764. The number of thiocarbonyl (C=S) groups is 1. The van der Waals surface area contributed by atoms with Crippen LogP contribution in [0.5, 0.6) is 11.5 Å². The van der Waals surface area contributed by atoms with Crippen LogP contribution in [-0.4, -0.2) is 25.5 Å². The number of hydrogen-bond acceptors (Lipinski definition) is 4. The van der Waals surface area contributed by atoms with E-state index in [1.807, 2.05) is 6.07 Å². The topological polar surface area (TPSA) is 54.9 Å². The smallest absolute Gasteiger partial charge is 0.186 e. The first-order chi connectivity index (χ1) is 12.0. The summed E-state index contributed by atoms with van der Waals surface area (Å²) in [7, 11) is 3.28. The van der Waals surface area contributed by atoms with Crippen molar-refractivity contribution in [3.8, 4) is 11.5 Å². The molecule has 0 unspecified atom stereocenters. The molecule has 8 heteroatoms. The van der Waals surface area contributed by atoms with Gasteiger partial charge < -0.3 is 14.8 Å². The minimum atomic E-state index is 0.236. The first kappa shape index (κ1) is 19.3. The number of methoxy groups -OCH3 is 1. The van der Waals surface area contributed by atoms with E-state index < -0.39 is 0 Å². The van der Waals surface area contributed by atoms with Crippen molar-refractivity contribution in [2.24, 2.45) is 5.10 Å². The summed E-state index contributed by atoms with van der Waals surface area (Å²) in [5.74, 6) is 1.15. The van der Waals surface area contributed by atoms with Gasteiger partial charge in [-0.05, 0) is 48.1 Å². The Labute approximate surface area is 161 Å². The molecular formula is C17H17Cl2N3O2S. The molecule has 0 fully saturated rings. The van der Waals surface area contributed by atoms with Crippen LogP contribution in [0, 0.1) is 0 Å². The van der Waals surface area contributed by atoms with E-state index in [9.17, 15) is 0 Å². The van der Waals surface area contributed by atoms with Crippen LogP contribution >= 0.6 is 35.4 Å². The Morgan fingerprint density at radius 2 is 1.92 bits per heavy atom. The lowest BCUT2D eigenvalue weighted by molar-refractivity contribution is 0.284. The van der Waals surface area contributed by atoms with Gasteiger partial charge in [-0.15, -0.1) is 0 Å². The van der Waals surface area contributed by atoms with Crippen molar-refractivity contribution in [2.45, 2.75) is 6.61 Å². The number of ether oxygens (including phenoxy) is 2. The van der Waals surface area contributed by atoms with Crippen LogP contribution in [0.1, 0.15) is 11.1 Å². The van der Waals surface area contributed by atoms with Gasteiger partial charge in [-0.25, -0.2) is 0 Å². The van der Waals surface area contributed by atoms with Gasteiger partial charge in [-0.3, -0.25) is 5.43 Å². The molecule has 0 aliphatic heterocycles.